The van der Waals surface area contributed by atoms with Crippen LogP contribution >= 0.6 is 22.7 Å². The maximum absolute atomic E-state index is 10.3. The molecule has 0 bridgehead atoms. The van der Waals surface area contributed by atoms with Crippen LogP contribution in [0.25, 0.3) is 22.3 Å². The monoisotopic (exact) mass is 258 g/mol. The molecule has 3 rings (SSSR count). The molecule has 1 aromatic carbocycles. The average Bonchev–Trinajstić information content (AvgIpc) is 3.02. The highest BCUT2D eigenvalue weighted by molar-refractivity contribution is 7.08. The summed E-state index contributed by atoms with van der Waals surface area (Å²) in [6.45, 7) is 0. The molecule has 3 aromatic rings. The number of thiophene rings is 2. The molecule has 0 saturated carbocycles. The lowest BCUT2D eigenvalue weighted by molar-refractivity contribution is 0.479. The Morgan fingerprint density at radius 3 is 1.71 bits per heavy atom. The van der Waals surface area contributed by atoms with Gasteiger partial charge in [-0.15, -0.1) is 0 Å². The fraction of sp³-hybridized carbons (Fsp3) is 0. The normalized spacial score (nSPS) is 10.6. The van der Waals surface area contributed by atoms with Gasteiger partial charge in [0.05, 0.1) is 0 Å². The molecule has 0 radical (unpaired) electrons. The van der Waals surface area contributed by atoms with Crippen molar-refractivity contribution in [1.29, 1.82) is 0 Å². The Kier molecular flexibility index (Phi) is 2.71. The summed E-state index contributed by atoms with van der Waals surface area (Å²) in [6, 6.07) is 9.94. The van der Waals surface area contributed by atoms with E-state index in [0.29, 0.717) is 5.75 Å². The zero-order chi connectivity index (χ0) is 11.7. The average molecular weight is 258 g/mol. The van der Waals surface area contributed by atoms with Gasteiger partial charge in [0.25, 0.3) is 0 Å². The third-order valence-electron chi connectivity index (χ3n) is 2.70. The first-order chi connectivity index (χ1) is 8.36. The molecule has 0 spiro atoms. The second kappa shape index (κ2) is 4.35. The molecular weight excluding hydrogens is 248 g/mol. The van der Waals surface area contributed by atoms with Crippen molar-refractivity contribution in [1.82, 2.24) is 0 Å². The topological polar surface area (TPSA) is 20.2 Å². The lowest BCUT2D eigenvalue weighted by Crippen LogP contribution is -1.80. The van der Waals surface area contributed by atoms with Crippen LogP contribution in [0.2, 0.25) is 0 Å². The molecule has 17 heavy (non-hydrogen) atoms. The molecule has 0 aliphatic carbocycles. The van der Waals surface area contributed by atoms with Crippen molar-refractivity contribution in [3.05, 3.63) is 51.9 Å². The summed E-state index contributed by atoms with van der Waals surface area (Å²) in [5.74, 6) is 0.365. The number of para-hydroxylation sites is 1. The summed E-state index contributed by atoms with van der Waals surface area (Å²) in [6.07, 6.45) is 0. The van der Waals surface area contributed by atoms with Crippen molar-refractivity contribution in [3.8, 4) is 28.0 Å². The Hall–Kier alpha value is -1.58. The van der Waals surface area contributed by atoms with Gasteiger partial charge in [0.1, 0.15) is 5.75 Å². The van der Waals surface area contributed by atoms with Gasteiger partial charge in [-0.05, 0) is 44.8 Å². The molecule has 1 N–H and O–H groups in total. The minimum atomic E-state index is 0.365. The van der Waals surface area contributed by atoms with E-state index in [2.05, 4.69) is 0 Å². The van der Waals surface area contributed by atoms with Crippen molar-refractivity contribution >= 4 is 22.7 Å². The maximum Gasteiger partial charge on any atom is 0.131 e. The number of aromatic hydroxyl groups is 1. The summed E-state index contributed by atoms with van der Waals surface area (Å²) in [7, 11) is 0. The Balaban J connectivity index is 2.17. The Morgan fingerprint density at radius 1 is 0.765 bits per heavy atom. The lowest BCUT2D eigenvalue weighted by Gasteiger charge is -2.07. The van der Waals surface area contributed by atoms with Crippen molar-refractivity contribution in [2.24, 2.45) is 0 Å². The molecule has 0 unspecified atom stereocenters. The zero-order valence-electron chi connectivity index (χ0n) is 8.96. The van der Waals surface area contributed by atoms with Crippen LogP contribution in [0, 0.1) is 0 Å². The van der Waals surface area contributed by atoms with E-state index in [1.807, 2.05) is 51.9 Å². The number of phenols is 1. The van der Waals surface area contributed by atoms with E-state index in [4.69, 9.17) is 0 Å². The van der Waals surface area contributed by atoms with Crippen LogP contribution in [-0.4, -0.2) is 5.11 Å². The van der Waals surface area contributed by atoms with Gasteiger partial charge in [0, 0.05) is 11.1 Å². The smallest absolute Gasteiger partial charge is 0.131 e. The summed E-state index contributed by atoms with van der Waals surface area (Å²) >= 11 is 3.27. The molecule has 84 valence electrons. The van der Waals surface area contributed by atoms with Crippen LogP contribution in [0.5, 0.6) is 5.75 Å². The third-order valence-corrected chi connectivity index (χ3v) is 4.07. The molecule has 0 aliphatic heterocycles. The van der Waals surface area contributed by atoms with Crippen LogP contribution in [0.1, 0.15) is 0 Å². The van der Waals surface area contributed by atoms with Crippen LogP contribution in [-0.2, 0) is 0 Å². The molecule has 0 atom stereocenters. The first kappa shape index (κ1) is 10.6. The summed E-state index contributed by atoms with van der Waals surface area (Å²) in [4.78, 5) is 0. The number of phenolic OH excluding ortho intramolecular Hbond substituents is 1. The molecular formula is C14H10OS2. The van der Waals surface area contributed by atoms with Gasteiger partial charge in [0.15, 0.2) is 0 Å². The van der Waals surface area contributed by atoms with Gasteiger partial charge in [-0.3, -0.25) is 0 Å². The third kappa shape index (κ3) is 1.88. The Bertz CT molecular complexity index is 557. The molecule has 3 heteroatoms. The highest BCUT2D eigenvalue weighted by Gasteiger charge is 2.10. The van der Waals surface area contributed by atoms with Crippen molar-refractivity contribution in [2.45, 2.75) is 0 Å². The molecule has 0 fully saturated rings. The van der Waals surface area contributed by atoms with Gasteiger partial charge in [0.2, 0.25) is 0 Å². The quantitative estimate of drug-likeness (QED) is 0.696. The maximum atomic E-state index is 10.3. The van der Waals surface area contributed by atoms with Crippen LogP contribution in [0.3, 0.4) is 0 Å². The standard InChI is InChI=1S/C14H10OS2/c15-14-12(10-4-6-16-8-10)2-1-3-13(14)11-5-7-17-9-11/h1-9,15H. The highest BCUT2D eigenvalue weighted by Crippen LogP contribution is 2.39. The number of hydrogen-bond donors (Lipinski definition) is 1. The van der Waals surface area contributed by atoms with E-state index in [1.165, 1.54) is 0 Å². The number of hydrogen-bond acceptors (Lipinski definition) is 3. The first-order valence-electron chi connectivity index (χ1n) is 5.23. The predicted octanol–water partition coefficient (Wildman–Crippen LogP) is 4.85. The van der Waals surface area contributed by atoms with Crippen LogP contribution in [0.4, 0.5) is 0 Å². The van der Waals surface area contributed by atoms with Crippen molar-refractivity contribution in [2.75, 3.05) is 0 Å². The summed E-state index contributed by atoms with van der Waals surface area (Å²) in [5, 5.41) is 18.5. The van der Waals surface area contributed by atoms with Crippen molar-refractivity contribution in [3.63, 3.8) is 0 Å². The van der Waals surface area contributed by atoms with E-state index < -0.39 is 0 Å². The molecule has 0 amide bonds. The second-order valence-corrected chi connectivity index (χ2v) is 5.29. The minimum absolute atomic E-state index is 0.365. The van der Waals surface area contributed by atoms with Crippen molar-refractivity contribution < 1.29 is 5.11 Å². The van der Waals surface area contributed by atoms with Gasteiger partial charge in [-0.25, -0.2) is 0 Å². The Labute approximate surface area is 108 Å². The van der Waals surface area contributed by atoms with Gasteiger partial charge >= 0.3 is 0 Å². The van der Waals surface area contributed by atoms with Gasteiger partial charge in [-0.2, -0.15) is 22.7 Å². The van der Waals surface area contributed by atoms with E-state index in [1.54, 1.807) is 22.7 Å². The second-order valence-electron chi connectivity index (χ2n) is 3.73. The lowest BCUT2D eigenvalue weighted by atomic mass is 10.0. The molecule has 0 aliphatic rings. The largest absolute Gasteiger partial charge is 0.507 e. The van der Waals surface area contributed by atoms with Gasteiger partial charge < -0.3 is 5.11 Å². The van der Waals surface area contributed by atoms with Gasteiger partial charge in [-0.1, -0.05) is 18.2 Å². The van der Waals surface area contributed by atoms with Crippen LogP contribution in [0.15, 0.2) is 51.9 Å². The molecule has 2 aromatic heterocycles. The minimum Gasteiger partial charge on any atom is -0.507 e. The Morgan fingerprint density at radius 2 is 1.29 bits per heavy atom. The van der Waals surface area contributed by atoms with E-state index in [9.17, 15) is 5.11 Å². The van der Waals surface area contributed by atoms with E-state index >= 15 is 0 Å². The number of rotatable bonds is 2. The summed E-state index contributed by atoms with van der Waals surface area (Å²) < 4.78 is 0. The first-order valence-corrected chi connectivity index (χ1v) is 7.12. The molecule has 2 heterocycles. The SMILES string of the molecule is Oc1c(-c2ccsc2)cccc1-c1ccsc1. The fourth-order valence-corrected chi connectivity index (χ4v) is 3.16. The molecule has 0 saturated heterocycles. The fourth-order valence-electron chi connectivity index (χ4n) is 1.84. The van der Waals surface area contributed by atoms with Crippen LogP contribution < -0.4 is 0 Å². The predicted molar refractivity (Wildman–Crippen MR) is 74.7 cm³/mol. The highest BCUT2D eigenvalue weighted by atomic mass is 32.1. The summed E-state index contributed by atoms with van der Waals surface area (Å²) in [5.41, 5.74) is 3.94. The molecule has 1 nitrogen and oxygen atoms in total. The van der Waals surface area contributed by atoms with E-state index in [-0.39, 0.29) is 0 Å². The zero-order valence-corrected chi connectivity index (χ0v) is 10.6. The number of benzene rings is 1. The van der Waals surface area contributed by atoms with E-state index in [0.717, 1.165) is 22.3 Å².